The summed E-state index contributed by atoms with van der Waals surface area (Å²) in [6.07, 6.45) is 0.624. The van der Waals surface area contributed by atoms with E-state index in [2.05, 4.69) is 10.1 Å². The van der Waals surface area contributed by atoms with Gasteiger partial charge in [-0.2, -0.15) is 0 Å². The lowest BCUT2D eigenvalue weighted by Gasteiger charge is -2.30. The van der Waals surface area contributed by atoms with Gasteiger partial charge in [-0.25, -0.2) is 4.79 Å². The van der Waals surface area contributed by atoms with Crippen LogP contribution in [0.2, 0.25) is 0 Å². The fraction of sp³-hybridized carbons (Fsp3) is 0.385. The first-order valence-electron chi connectivity index (χ1n) is 5.86. The van der Waals surface area contributed by atoms with E-state index in [-0.39, 0.29) is 11.9 Å². The van der Waals surface area contributed by atoms with Crippen LogP contribution in [0.3, 0.4) is 0 Å². The van der Waals surface area contributed by atoms with Crippen molar-refractivity contribution < 1.29 is 14.3 Å². The second-order valence-corrected chi connectivity index (χ2v) is 4.23. The van der Waals surface area contributed by atoms with Crippen LogP contribution in [-0.2, 0) is 14.3 Å². The minimum absolute atomic E-state index is 0.152. The Balaban J connectivity index is 1.99. The summed E-state index contributed by atoms with van der Waals surface area (Å²) in [5.74, 6) is -0.157. The lowest BCUT2D eigenvalue weighted by molar-refractivity contribution is -0.141. The van der Waals surface area contributed by atoms with Gasteiger partial charge in [0.2, 0.25) is 5.91 Å². The fourth-order valence-electron chi connectivity index (χ4n) is 1.81. The molecule has 0 saturated carbocycles. The number of hydrogen-bond donors (Lipinski definition) is 1. The first-order chi connectivity index (χ1) is 8.61. The van der Waals surface area contributed by atoms with E-state index in [9.17, 15) is 9.59 Å². The van der Waals surface area contributed by atoms with Gasteiger partial charge in [-0.15, -0.1) is 0 Å². The maximum atomic E-state index is 11.3. The fourth-order valence-corrected chi connectivity index (χ4v) is 1.81. The molecule has 1 aromatic rings. The molecule has 1 amide bonds. The summed E-state index contributed by atoms with van der Waals surface area (Å²) in [5.41, 5.74) is 1.71. The van der Waals surface area contributed by atoms with E-state index in [1.807, 2.05) is 24.3 Å². The summed E-state index contributed by atoms with van der Waals surface area (Å²) in [6, 6.07) is 7.03. The highest BCUT2D eigenvalue weighted by Crippen LogP contribution is 2.23. The number of nitrogens with zero attached hydrogens (tertiary/aromatic N) is 1. The van der Waals surface area contributed by atoms with Crippen LogP contribution in [0, 0.1) is 0 Å². The summed E-state index contributed by atoms with van der Waals surface area (Å²) < 4.78 is 4.63. The molecule has 0 radical (unpaired) electrons. The molecule has 0 spiro atoms. The Hall–Kier alpha value is -2.04. The summed E-state index contributed by atoms with van der Waals surface area (Å²) in [7, 11) is 1.36. The van der Waals surface area contributed by atoms with Crippen molar-refractivity contribution in [2.45, 2.75) is 19.4 Å². The molecule has 0 aliphatic carbocycles. The molecule has 0 aromatic heterocycles. The molecule has 1 aliphatic heterocycles. The van der Waals surface area contributed by atoms with Crippen molar-refractivity contribution in [1.29, 1.82) is 0 Å². The summed E-state index contributed by atoms with van der Waals surface area (Å²) >= 11 is 0. The average molecular weight is 248 g/mol. The Morgan fingerprint density at radius 2 is 2.06 bits per heavy atom. The van der Waals surface area contributed by atoms with Crippen LogP contribution in [0.5, 0.6) is 0 Å². The number of ether oxygens (including phenoxy) is 1. The summed E-state index contributed by atoms with van der Waals surface area (Å²) in [5, 5.41) is 3.03. The van der Waals surface area contributed by atoms with E-state index >= 15 is 0 Å². The van der Waals surface area contributed by atoms with E-state index in [1.54, 1.807) is 11.8 Å². The van der Waals surface area contributed by atoms with Gasteiger partial charge in [0.05, 0.1) is 7.11 Å². The zero-order valence-corrected chi connectivity index (χ0v) is 10.5. The van der Waals surface area contributed by atoms with Gasteiger partial charge in [-0.3, -0.25) is 4.79 Å². The smallest absolute Gasteiger partial charge is 0.327 e. The molecule has 1 unspecified atom stereocenters. The number of anilines is 2. The molecule has 0 bridgehead atoms. The van der Waals surface area contributed by atoms with Crippen molar-refractivity contribution in [3.05, 3.63) is 24.3 Å². The highest BCUT2D eigenvalue weighted by Gasteiger charge is 2.24. The number of β-lactam (4-membered cyclic amide) rings is 1. The Morgan fingerprint density at radius 1 is 1.39 bits per heavy atom. The van der Waals surface area contributed by atoms with Gasteiger partial charge < -0.3 is 15.0 Å². The standard InChI is InChI=1S/C13H16N2O3/c1-9(13(17)18-2)14-10-3-5-11(6-4-10)15-8-7-12(15)16/h3-6,9,14H,7-8H2,1-2H3. The van der Waals surface area contributed by atoms with Gasteiger partial charge in [-0.05, 0) is 31.2 Å². The van der Waals surface area contributed by atoms with Gasteiger partial charge in [0.25, 0.3) is 0 Å². The van der Waals surface area contributed by atoms with Crippen molar-refractivity contribution in [2.24, 2.45) is 0 Å². The second kappa shape index (κ2) is 5.08. The molecule has 5 nitrogen and oxygen atoms in total. The van der Waals surface area contributed by atoms with Crippen molar-refractivity contribution >= 4 is 23.3 Å². The second-order valence-electron chi connectivity index (χ2n) is 4.23. The minimum atomic E-state index is -0.397. The van der Waals surface area contributed by atoms with E-state index in [4.69, 9.17) is 0 Å². The summed E-state index contributed by atoms with van der Waals surface area (Å²) in [4.78, 5) is 24.3. The number of benzene rings is 1. The molecule has 1 aliphatic rings. The molecule has 96 valence electrons. The van der Waals surface area contributed by atoms with Gasteiger partial charge in [0.1, 0.15) is 6.04 Å². The van der Waals surface area contributed by atoms with Gasteiger partial charge in [-0.1, -0.05) is 0 Å². The number of carbonyl (C=O) groups excluding carboxylic acids is 2. The number of amides is 1. The molecule has 1 N–H and O–H groups in total. The summed E-state index contributed by atoms with van der Waals surface area (Å²) in [6.45, 7) is 2.52. The number of methoxy groups -OCH3 is 1. The number of rotatable bonds is 4. The van der Waals surface area contributed by atoms with Crippen LogP contribution in [0.25, 0.3) is 0 Å². The molecule has 1 saturated heterocycles. The molecule has 2 rings (SSSR count). The first-order valence-corrected chi connectivity index (χ1v) is 5.86. The van der Waals surface area contributed by atoms with Crippen LogP contribution in [0.4, 0.5) is 11.4 Å². The molecular formula is C13H16N2O3. The molecule has 5 heteroatoms. The number of esters is 1. The van der Waals surface area contributed by atoms with Crippen molar-refractivity contribution in [2.75, 3.05) is 23.9 Å². The average Bonchev–Trinajstić information content (AvgIpc) is 2.38. The van der Waals surface area contributed by atoms with Gasteiger partial charge in [0, 0.05) is 24.3 Å². The first kappa shape index (κ1) is 12.4. The predicted molar refractivity (Wildman–Crippen MR) is 68.5 cm³/mol. The molecule has 1 heterocycles. The maximum absolute atomic E-state index is 11.3. The van der Waals surface area contributed by atoms with Gasteiger partial charge in [0.15, 0.2) is 0 Å². The Kier molecular flexibility index (Phi) is 3.50. The van der Waals surface area contributed by atoms with E-state index in [1.165, 1.54) is 7.11 Å². The normalized spacial score (nSPS) is 15.9. The van der Waals surface area contributed by atoms with Crippen LogP contribution in [-0.4, -0.2) is 31.6 Å². The van der Waals surface area contributed by atoms with Crippen molar-refractivity contribution in [3.8, 4) is 0 Å². The van der Waals surface area contributed by atoms with Crippen molar-refractivity contribution in [3.63, 3.8) is 0 Å². The lowest BCUT2D eigenvalue weighted by Crippen LogP contribution is -2.43. The Bertz CT molecular complexity index is 456. The number of hydrogen-bond acceptors (Lipinski definition) is 4. The topological polar surface area (TPSA) is 58.6 Å². The Labute approximate surface area is 106 Å². The van der Waals surface area contributed by atoms with Gasteiger partial charge >= 0.3 is 5.97 Å². The third-order valence-electron chi connectivity index (χ3n) is 2.97. The number of nitrogens with one attached hydrogen (secondary N) is 1. The van der Waals surface area contributed by atoms with Crippen LogP contribution >= 0.6 is 0 Å². The SMILES string of the molecule is COC(=O)C(C)Nc1ccc(N2CCC2=O)cc1. The quantitative estimate of drug-likeness (QED) is 0.646. The molecule has 1 aromatic carbocycles. The largest absolute Gasteiger partial charge is 0.467 e. The zero-order valence-electron chi connectivity index (χ0n) is 10.5. The molecular weight excluding hydrogens is 232 g/mol. The van der Waals surface area contributed by atoms with Crippen molar-refractivity contribution in [1.82, 2.24) is 0 Å². The highest BCUT2D eigenvalue weighted by molar-refractivity contribution is 5.99. The van der Waals surface area contributed by atoms with Crippen LogP contribution < -0.4 is 10.2 Å². The third-order valence-corrected chi connectivity index (χ3v) is 2.97. The van der Waals surface area contributed by atoms with Crippen LogP contribution in [0.1, 0.15) is 13.3 Å². The lowest BCUT2D eigenvalue weighted by atomic mass is 10.1. The van der Waals surface area contributed by atoms with E-state index in [0.29, 0.717) is 6.42 Å². The monoisotopic (exact) mass is 248 g/mol. The predicted octanol–water partition coefficient (Wildman–Crippen LogP) is 1.40. The minimum Gasteiger partial charge on any atom is -0.467 e. The maximum Gasteiger partial charge on any atom is 0.327 e. The third kappa shape index (κ3) is 2.45. The molecule has 1 fully saturated rings. The van der Waals surface area contributed by atoms with Crippen LogP contribution in [0.15, 0.2) is 24.3 Å². The van der Waals surface area contributed by atoms with E-state index < -0.39 is 6.04 Å². The molecule has 1 atom stereocenters. The highest BCUT2D eigenvalue weighted by atomic mass is 16.5. The Morgan fingerprint density at radius 3 is 2.50 bits per heavy atom. The number of carbonyl (C=O) groups is 2. The molecule has 18 heavy (non-hydrogen) atoms. The zero-order chi connectivity index (χ0) is 13.1. The van der Waals surface area contributed by atoms with E-state index in [0.717, 1.165) is 17.9 Å².